The van der Waals surface area contributed by atoms with Crippen LogP contribution in [-0.4, -0.2) is 31.6 Å². The number of nitrogens with one attached hydrogen (secondary N) is 2. The lowest BCUT2D eigenvalue weighted by atomic mass is 9.82. The molecule has 0 bridgehead atoms. The summed E-state index contributed by atoms with van der Waals surface area (Å²) in [4.78, 5) is 43.7. The highest BCUT2D eigenvalue weighted by Crippen LogP contribution is 2.27. The Morgan fingerprint density at radius 1 is 1.25 bits per heavy atom. The molecule has 2 aliphatic rings. The number of aromatic amines is 1. The molecule has 9 nitrogen and oxygen atoms in total. The van der Waals surface area contributed by atoms with Crippen LogP contribution in [0.2, 0.25) is 0 Å². The number of hydrogen-bond acceptors (Lipinski definition) is 6. The Labute approximate surface area is 160 Å². The van der Waals surface area contributed by atoms with Crippen LogP contribution in [0.1, 0.15) is 36.2 Å². The monoisotopic (exact) mass is 382 g/mol. The number of aryl methyl sites for hydroxylation is 2. The molecule has 0 fully saturated rings. The SMILES string of the molecule is Cc1cc(NC(=O)[C@H]2CC=CC[C@H]2C(=O)[O-])n(-c2nc3c(c(=O)[nH]2)CCC3)n1. The number of fused-ring (bicyclic) bond motifs is 1. The van der Waals surface area contributed by atoms with E-state index in [9.17, 15) is 19.5 Å². The van der Waals surface area contributed by atoms with Crippen molar-refractivity contribution in [3.63, 3.8) is 0 Å². The Balaban J connectivity index is 1.65. The zero-order valence-corrected chi connectivity index (χ0v) is 15.4. The summed E-state index contributed by atoms with van der Waals surface area (Å²) in [6.07, 6.45) is 6.46. The van der Waals surface area contributed by atoms with Gasteiger partial charge in [-0.25, -0.2) is 4.98 Å². The van der Waals surface area contributed by atoms with Gasteiger partial charge in [0.15, 0.2) is 0 Å². The number of rotatable bonds is 4. The van der Waals surface area contributed by atoms with Crippen LogP contribution in [0, 0.1) is 18.8 Å². The van der Waals surface area contributed by atoms with Crippen LogP contribution in [0.25, 0.3) is 5.95 Å². The van der Waals surface area contributed by atoms with Gasteiger partial charge in [0, 0.05) is 23.5 Å². The lowest BCUT2D eigenvalue weighted by Crippen LogP contribution is -2.41. The molecular formula is C19H20N5O4-. The van der Waals surface area contributed by atoms with Gasteiger partial charge in [-0.2, -0.15) is 9.78 Å². The maximum Gasteiger partial charge on any atom is 0.255 e. The van der Waals surface area contributed by atoms with E-state index >= 15 is 0 Å². The fourth-order valence-electron chi connectivity index (χ4n) is 3.86. The molecule has 1 amide bonds. The third kappa shape index (κ3) is 3.23. The van der Waals surface area contributed by atoms with Crippen molar-refractivity contribution in [3.05, 3.63) is 45.5 Å². The van der Waals surface area contributed by atoms with E-state index < -0.39 is 23.7 Å². The molecule has 0 aliphatic heterocycles. The second kappa shape index (κ2) is 7.06. The Morgan fingerprint density at radius 2 is 2.00 bits per heavy atom. The van der Waals surface area contributed by atoms with E-state index in [2.05, 4.69) is 20.4 Å². The van der Waals surface area contributed by atoms with E-state index in [1.54, 1.807) is 25.1 Å². The number of aromatic nitrogens is 4. The summed E-state index contributed by atoms with van der Waals surface area (Å²) in [5, 5.41) is 18.4. The molecule has 9 heteroatoms. The van der Waals surface area contributed by atoms with Crippen molar-refractivity contribution in [1.82, 2.24) is 19.7 Å². The largest absolute Gasteiger partial charge is 0.550 e. The van der Waals surface area contributed by atoms with Gasteiger partial charge in [-0.15, -0.1) is 0 Å². The van der Waals surface area contributed by atoms with E-state index in [4.69, 9.17) is 0 Å². The minimum absolute atomic E-state index is 0.197. The van der Waals surface area contributed by atoms with Crippen molar-refractivity contribution in [2.24, 2.45) is 11.8 Å². The van der Waals surface area contributed by atoms with Gasteiger partial charge in [0.25, 0.3) is 5.56 Å². The van der Waals surface area contributed by atoms with Crippen LogP contribution in [0.4, 0.5) is 5.82 Å². The topological polar surface area (TPSA) is 133 Å². The number of carbonyl (C=O) groups is 2. The van der Waals surface area contributed by atoms with Crippen LogP contribution >= 0.6 is 0 Å². The number of H-pyrrole nitrogens is 1. The number of hydrogen-bond donors (Lipinski definition) is 2. The van der Waals surface area contributed by atoms with Crippen LogP contribution in [0.3, 0.4) is 0 Å². The minimum Gasteiger partial charge on any atom is -0.550 e. The number of allylic oxidation sites excluding steroid dienone is 2. The zero-order valence-electron chi connectivity index (χ0n) is 15.4. The number of aliphatic carboxylic acids is 1. The predicted molar refractivity (Wildman–Crippen MR) is 97.7 cm³/mol. The summed E-state index contributed by atoms with van der Waals surface area (Å²) in [5.41, 5.74) is 1.87. The summed E-state index contributed by atoms with van der Waals surface area (Å²) in [7, 11) is 0. The molecular weight excluding hydrogens is 362 g/mol. The van der Waals surface area contributed by atoms with Crippen molar-refractivity contribution in [1.29, 1.82) is 0 Å². The standard InChI is InChI=1S/C19H21N5O4/c1-10-9-15(21-16(25)11-5-2-3-6-12(11)18(27)28)24(23-10)19-20-14-8-4-7-13(14)17(26)22-19/h2-3,9,11-12H,4-8H2,1H3,(H,21,25)(H,27,28)(H,20,22,26)/p-1/t11-,12+/m0/s1. The van der Waals surface area contributed by atoms with Crippen molar-refractivity contribution in [2.45, 2.75) is 39.0 Å². The number of amides is 1. The summed E-state index contributed by atoms with van der Waals surface area (Å²) in [5.74, 6) is -2.71. The van der Waals surface area contributed by atoms with E-state index in [1.807, 2.05) is 0 Å². The van der Waals surface area contributed by atoms with Crippen LogP contribution < -0.4 is 16.0 Å². The van der Waals surface area contributed by atoms with Gasteiger partial charge < -0.3 is 15.2 Å². The van der Waals surface area contributed by atoms with Gasteiger partial charge in [0.2, 0.25) is 11.9 Å². The Hall–Kier alpha value is -3.23. The molecule has 2 aromatic rings. The first kappa shape index (κ1) is 18.1. The van der Waals surface area contributed by atoms with Crippen molar-refractivity contribution < 1.29 is 14.7 Å². The van der Waals surface area contributed by atoms with E-state index in [0.717, 1.165) is 18.5 Å². The number of nitrogens with zero attached hydrogens (tertiary/aromatic N) is 3. The fourth-order valence-corrected chi connectivity index (χ4v) is 3.86. The fraction of sp³-hybridized carbons (Fsp3) is 0.421. The molecule has 2 heterocycles. The second-order valence-electron chi connectivity index (χ2n) is 7.22. The number of carboxylic acid groups (broad SMARTS) is 1. The normalized spacial score (nSPS) is 20.8. The number of carbonyl (C=O) groups excluding carboxylic acids is 2. The van der Waals surface area contributed by atoms with Gasteiger partial charge in [-0.05, 0) is 39.0 Å². The molecule has 2 aromatic heterocycles. The predicted octanol–water partition coefficient (Wildman–Crippen LogP) is 0.0235. The van der Waals surface area contributed by atoms with Gasteiger partial charge >= 0.3 is 0 Å². The summed E-state index contributed by atoms with van der Waals surface area (Å²) >= 11 is 0. The zero-order chi connectivity index (χ0) is 19.8. The van der Waals surface area contributed by atoms with E-state index in [-0.39, 0.29) is 17.9 Å². The lowest BCUT2D eigenvalue weighted by molar-refractivity contribution is -0.313. The average molecular weight is 382 g/mol. The second-order valence-corrected chi connectivity index (χ2v) is 7.22. The van der Waals surface area contributed by atoms with Crippen molar-refractivity contribution in [3.8, 4) is 5.95 Å². The summed E-state index contributed by atoms with van der Waals surface area (Å²) in [6.45, 7) is 1.75. The first-order valence-electron chi connectivity index (χ1n) is 9.30. The van der Waals surface area contributed by atoms with E-state index in [0.29, 0.717) is 29.9 Å². The Kier molecular flexibility index (Phi) is 4.58. The first-order chi connectivity index (χ1) is 13.4. The molecule has 146 valence electrons. The Bertz CT molecular complexity index is 1040. The third-order valence-corrected chi connectivity index (χ3v) is 5.28. The highest BCUT2D eigenvalue weighted by Gasteiger charge is 2.30. The molecule has 0 saturated carbocycles. The van der Waals surface area contributed by atoms with Gasteiger partial charge in [0.1, 0.15) is 5.82 Å². The first-order valence-corrected chi connectivity index (χ1v) is 9.30. The highest BCUT2D eigenvalue weighted by molar-refractivity contribution is 5.94. The summed E-state index contributed by atoms with van der Waals surface area (Å²) in [6, 6.07) is 1.65. The minimum atomic E-state index is -1.24. The molecule has 0 radical (unpaired) electrons. The molecule has 4 rings (SSSR count). The number of anilines is 1. The highest BCUT2D eigenvalue weighted by atomic mass is 16.4. The molecule has 2 N–H and O–H groups in total. The van der Waals surface area contributed by atoms with Crippen LogP contribution in [0.5, 0.6) is 0 Å². The third-order valence-electron chi connectivity index (χ3n) is 5.28. The smallest absolute Gasteiger partial charge is 0.255 e. The average Bonchev–Trinajstić information content (AvgIpc) is 3.28. The van der Waals surface area contributed by atoms with Crippen LogP contribution in [0.15, 0.2) is 23.0 Å². The maximum atomic E-state index is 12.8. The number of carboxylic acids is 1. The molecule has 28 heavy (non-hydrogen) atoms. The van der Waals surface area contributed by atoms with Crippen LogP contribution in [-0.2, 0) is 22.4 Å². The molecule has 0 spiro atoms. The molecule has 0 saturated heterocycles. The molecule has 0 aromatic carbocycles. The van der Waals surface area contributed by atoms with Gasteiger partial charge in [0.05, 0.1) is 17.3 Å². The quantitative estimate of drug-likeness (QED) is 0.717. The van der Waals surface area contributed by atoms with Gasteiger partial charge in [-0.3, -0.25) is 14.6 Å². The van der Waals surface area contributed by atoms with Crippen molar-refractivity contribution in [2.75, 3.05) is 5.32 Å². The van der Waals surface area contributed by atoms with Crippen molar-refractivity contribution >= 4 is 17.7 Å². The lowest BCUT2D eigenvalue weighted by Gasteiger charge is -2.28. The summed E-state index contributed by atoms with van der Waals surface area (Å²) < 4.78 is 1.37. The van der Waals surface area contributed by atoms with Gasteiger partial charge in [-0.1, -0.05) is 12.2 Å². The molecule has 2 aliphatic carbocycles. The molecule has 0 unspecified atom stereocenters. The Morgan fingerprint density at radius 3 is 2.75 bits per heavy atom. The van der Waals surface area contributed by atoms with E-state index in [1.165, 1.54) is 4.68 Å². The maximum absolute atomic E-state index is 12.8. The molecule has 2 atom stereocenters.